The number of aliphatic hydroxyl groups is 1. The van der Waals surface area contributed by atoms with E-state index in [4.69, 9.17) is 30.1 Å². The smallest absolute Gasteiger partial charge is 0.832 e. The molecular weight excluding hydrogens is 166 g/mol. The van der Waals surface area contributed by atoms with Crippen LogP contribution in [0, 0.1) is 0 Å². The number of aliphatic hydroxyl groups excluding tert-OH is 1. The molecule has 4 N–H and O–H groups in total. The first-order chi connectivity index (χ1) is 4.46. The molecule has 6 nitrogen and oxygen atoms in total. The van der Waals surface area contributed by atoms with Gasteiger partial charge in [-0.3, -0.25) is 4.79 Å². The Kier molecular flexibility index (Phi) is 45.9. The van der Waals surface area contributed by atoms with Gasteiger partial charge in [0.1, 0.15) is 0 Å². The fourth-order valence-corrected chi connectivity index (χ4v) is 0. The molecule has 0 saturated carbocycles. The second kappa shape index (κ2) is 22.4. The zero-order valence-electron chi connectivity index (χ0n) is 6.68. The molecule has 0 rings (SSSR count). The van der Waals surface area contributed by atoms with Crippen molar-refractivity contribution in [2.45, 2.75) is 6.92 Å². The van der Waals surface area contributed by atoms with Gasteiger partial charge in [0.15, 0.2) is 0 Å². The molecule has 0 fully saturated rings. The fraction of sp³-hybridized carbons (Fsp3) is 0.667. The van der Waals surface area contributed by atoms with Crippen molar-refractivity contribution in [2.75, 3.05) is 7.11 Å². The van der Waals surface area contributed by atoms with Gasteiger partial charge in [0.05, 0.1) is 0 Å². The van der Waals surface area contributed by atoms with Gasteiger partial charge in [-0.25, -0.2) is 0 Å². The topological polar surface area (TPSA) is 121 Å². The molecule has 0 aromatic carbocycles. The zero-order chi connectivity index (χ0) is 9.15. The number of hydrogen-bond donors (Lipinski definition) is 4. The minimum atomic E-state index is -2.42. The van der Waals surface area contributed by atoms with E-state index in [-0.39, 0.29) is 29.6 Å². The predicted molar refractivity (Wildman–Crippen MR) is 31.6 cm³/mol. The van der Waals surface area contributed by atoms with Crippen molar-refractivity contribution in [3.8, 4) is 0 Å². The van der Waals surface area contributed by atoms with Gasteiger partial charge < -0.3 is 25.3 Å². The predicted octanol–water partition coefficient (Wildman–Crippen LogP) is -5.98. The van der Waals surface area contributed by atoms with Crippen LogP contribution in [-0.2, 0) is 4.79 Å². The quantitative estimate of drug-likeness (QED) is 0.272. The molecule has 62 valence electrons. The van der Waals surface area contributed by atoms with Gasteiger partial charge in [-0.2, -0.15) is 0 Å². The molecule has 0 aliphatic heterocycles. The van der Waals surface area contributed by atoms with Crippen LogP contribution in [0.4, 0.5) is 0 Å². The average Bonchev–Trinajstić information content (AvgIpc) is 1.66. The van der Waals surface area contributed by atoms with Gasteiger partial charge in [-0.1, -0.05) is 0 Å². The second-order valence-corrected chi connectivity index (χ2v) is 0.845. The monoisotopic (exact) mass is 176 g/mol. The summed E-state index contributed by atoms with van der Waals surface area (Å²) in [6.07, 6.45) is 0. The molecule has 0 aromatic heterocycles. The van der Waals surface area contributed by atoms with E-state index in [0.29, 0.717) is 0 Å². The summed E-state index contributed by atoms with van der Waals surface area (Å²) in [5.41, 5.74) is 0. The van der Waals surface area contributed by atoms with Gasteiger partial charge in [0.2, 0.25) is 0 Å². The van der Waals surface area contributed by atoms with Crippen LogP contribution in [0.15, 0.2) is 0 Å². The van der Waals surface area contributed by atoms with Gasteiger partial charge >= 0.3 is 36.9 Å². The molecule has 0 aliphatic carbocycles. The van der Waals surface area contributed by atoms with Crippen LogP contribution in [0.2, 0.25) is 0 Å². The van der Waals surface area contributed by atoms with Gasteiger partial charge in [0, 0.05) is 14.0 Å². The molecule has 8 heteroatoms. The van der Waals surface area contributed by atoms with E-state index in [9.17, 15) is 0 Å². The first-order valence-corrected chi connectivity index (χ1v) is 2.13. The molecule has 0 aromatic rings. The zero-order valence-corrected chi connectivity index (χ0v) is 8.68. The van der Waals surface area contributed by atoms with Crippen molar-refractivity contribution in [1.82, 2.24) is 0 Å². The molecule has 0 heterocycles. The van der Waals surface area contributed by atoms with Crippen molar-refractivity contribution < 1.29 is 59.6 Å². The Hall–Kier alpha value is 0.375. The van der Waals surface area contributed by atoms with Crippen LogP contribution in [0.3, 0.4) is 0 Å². The summed E-state index contributed by atoms with van der Waals surface area (Å²) in [5, 5.41) is 37.2. The van der Waals surface area contributed by atoms with Crippen molar-refractivity contribution >= 4 is 13.3 Å². The third-order valence-corrected chi connectivity index (χ3v) is 0. The summed E-state index contributed by atoms with van der Waals surface area (Å²) in [7, 11) is -1.42. The number of carbonyl (C=O) groups is 1. The fourth-order valence-electron chi connectivity index (χ4n) is 0. The molecule has 0 aliphatic rings. The maximum Gasteiger partial charge on any atom is 1.00 e. The molecular formula is C3H10BNaO6. The van der Waals surface area contributed by atoms with Gasteiger partial charge in [-0.15, -0.1) is 0 Å². The van der Waals surface area contributed by atoms with Crippen molar-refractivity contribution in [3.63, 3.8) is 0 Å². The molecule has 0 bridgehead atoms. The van der Waals surface area contributed by atoms with Crippen molar-refractivity contribution in [3.05, 3.63) is 0 Å². The summed E-state index contributed by atoms with van der Waals surface area (Å²) in [6, 6.07) is 0. The Morgan fingerprint density at radius 2 is 1.36 bits per heavy atom. The molecule has 0 saturated heterocycles. The van der Waals surface area contributed by atoms with Gasteiger partial charge in [-0.05, 0) is 0 Å². The number of carboxylic acid groups (broad SMARTS) is 1. The second-order valence-electron chi connectivity index (χ2n) is 0.845. The van der Waals surface area contributed by atoms with Crippen molar-refractivity contribution in [2.24, 2.45) is 0 Å². The Bertz CT molecular complexity index is 62.1. The number of aliphatic carboxylic acids is 1. The van der Waals surface area contributed by atoms with Gasteiger partial charge in [0.25, 0.3) is 5.97 Å². The normalized spacial score (nSPS) is 5.27. The van der Waals surface area contributed by atoms with Crippen LogP contribution in [0.1, 0.15) is 6.92 Å². The summed E-state index contributed by atoms with van der Waals surface area (Å²) in [4.78, 5) is 9.00. The average molecular weight is 176 g/mol. The first kappa shape index (κ1) is 22.5. The molecule has 0 spiro atoms. The number of hydrogen-bond acceptors (Lipinski definition) is 5. The van der Waals surface area contributed by atoms with E-state index in [1.54, 1.807) is 0 Å². The van der Waals surface area contributed by atoms with Crippen LogP contribution in [0.25, 0.3) is 0 Å². The standard InChI is InChI=1S/C2H4O2.CH4O.BH2O3.Na/c1-2(3)4;1-2;2-1(3)4;/h1H3,(H,3,4);2H,1H3;2-3H;/q;;-1;+1. The maximum atomic E-state index is 9.00. The van der Waals surface area contributed by atoms with E-state index in [2.05, 4.69) is 0 Å². The van der Waals surface area contributed by atoms with E-state index in [1.165, 1.54) is 0 Å². The number of carboxylic acids is 1. The molecule has 0 atom stereocenters. The van der Waals surface area contributed by atoms with Crippen LogP contribution < -0.4 is 34.6 Å². The summed E-state index contributed by atoms with van der Waals surface area (Å²) < 4.78 is 0. The largest absolute Gasteiger partial charge is 1.00 e. The maximum absolute atomic E-state index is 9.00. The Morgan fingerprint density at radius 1 is 1.36 bits per heavy atom. The Labute approximate surface area is 87.0 Å². The van der Waals surface area contributed by atoms with Crippen LogP contribution in [-0.4, -0.2) is 40.7 Å². The summed E-state index contributed by atoms with van der Waals surface area (Å²) in [5.74, 6) is -0.833. The van der Waals surface area contributed by atoms with E-state index in [0.717, 1.165) is 14.0 Å². The minimum Gasteiger partial charge on any atom is -0.832 e. The van der Waals surface area contributed by atoms with Crippen LogP contribution >= 0.6 is 0 Å². The minimum absolute atomic E-state index is 0. The Morgan fingerprint density at radius 3 is 1.36 bits per heavy atom. The van der Waals surface area contributed by atoms with Crippen LogP contribution in [0.5, 0.6) is 0 Å². The molecule has 0 radical (unpaired) electrons. The van der Waals surface area contributed by atoms with E-state index in [1.807, 2.05) is 0 Å². The molecule has 11 heavy (non-hydrogen) atoms. The van der Waals surface area contributed by atoms with E-state index < -0.39 is 13.3 Å². The molecule has 0 unspecified atom stereocenters. The summed E-state index contributed by atoms with van der Waals surface area (Å²) in [6.45, 7) is 1.08. The SMILES string of the molecule is CC(=O)O.CO.[Na+].[O-]B(O)O. The number of rotatable bonds is 0. The third kappa shape index (κ3) is 5180. The summed E-state index contributed by atoms with van der Waals surface area (Å²) >= 11 is 0. The Balaban J connectivity index is -0.0000000339. The van der Waals surface area contributed by atoms with Crippen molar-refractivity contribution in [1.29, 1.82) is 0 Å². The van der Waals surface area contributed by atoms with E-state index >= 15 is 0 Å². The first-order valence-electron chi connectivity index (χ1n) is 2.13. The third-order valence-electron chi connectivity index (χ3n) is 0. The molecule has 0 amide bonds.